The number of piperidine rings is 1. The van der Waals surface area contributed by atoms with Crippen LogP contribution in [0.3, 0.4) is 0 Å². The van der Waals surface area contributed by atoms with Crippen molar-refractivity contribution in [2.45, 2.75) is 20.3 Å². The predicted octanol–water partition coefficient (Wildman–Crippen LogP) is 2.86. The molecule has 1 aliphatic heterocycles. The molecule has 0 aliphatic carbocycles. The third-order valence-electron chi connectivity index (χ3n) is 3.38. The summed E-state index contributed by atoms with van der Waals surface area (Å²) in [5.41, 5.74) is 0.540. The summed E-state index contributed by atoms with van der Waals surface area (Å²) in [4.78, 5) is 18.4. The van der Waals surface area contributed by atoms with Crippen LogP contribution in [0.25, 0.3) is 0 Å². The average molecular weight is 283 g/mol. The van der Waals surface area contributed by atoms with Gasteiger partial charge in [-0.2, -0.15) is 0 Å². The van der Waals surface area contributed by atoms with Crippen LogP contribution >= 0.6 is 11.6 Å². The lowest BCUT2D eigenvalue weighted by Crippen LogP contribution is -2.42. The molecule has 4 nitrogen and oxygen atoms in total. The first-order valence-electron chi connectivity index (χ1n) is 6.50. The smallest absolute Gasteiger partial charge is 0.254 e. The zero-order valence-electron chi connectivity index (χ0n) is 11.5. The maximum atomic E-state index is 12.5. The van der Waals surface area contributed by atoms with Gasteiger partial charge in [0.05, 0.1) is 7.11 Å². The summed E-state index contributed by atoms with van der Waals surface area (Å²) in [7, 11) is 1.51. The van der Waals surface area contributed by atoms with Gasteiger partial charge in [-0.1, -0.05) is 25.4 Å². The van der Waals surface area contributed by atoms with Gasteiger partial charge >= 0.3 is 0 Å². The summed E-state index contributed by atoms with van der Waals surface area (Å²) < 4.78 is 5.05. The van der Waals surface area contributed by atoms with Gasteiger partial charge in [0.25, 0.3) is 5.91 Å². The Morgan fingerprint density at radius 1 is 1.37 bits per heavy atom. The molecule has 2 rings (SSSR count). The number of hydrogen-bond acceptors (Lipinski definition) is 3. The van der Waals surface area contributed by atoms with Crippen molar-refractivity contribution in [2.24, 2.45) is 11.8 Å². The van der Waals surface area contributed by atoms with E-state index in [-0.39, 0.29) is 11.1 Å². The molecule has 0 N–H and O–H groups in total. The molecule has 2 atom stereocenters. The van der Waals surface area contributed by atoms with Crippen LogP contribution in [-0.4, -0.2) is 36.0 Å². The number of pyridine rings is 1. The second-order valence-corrected chi connectivity index (χ2v) is 5.76. The largest absolute Gasteiger partial charge is 0.481 e. The van der Waals surface area contributed by atoms with Gasteiger partial charge in [-0.3, -0.25) is 4.79 Å². The van der Waals surface area contributed by atoms with Gasteiger partial charge in [0.15, 0.2) is 0 Å². The fraction of sp³-hybridized carbons (Fsp3) is 0.571. The van der Waals surface area contributed by atoms with Crippen LogP contribution in [0.15, 0.2) is 12.1 Å². The molecule has 1 aliphatic rings. The highest BCUT2D eigenvalue weighted by atomic mass is 35.5. The molecule has 19 heavy (non-hydrogen) atoms. The summed E-state index contributed by atoms with van der Waals surface area (Å²) in [5, 5.41) is 0.279. The van der Waals surface area contributed by atoms with E-state index in [1.165, 1.54) is 13.5 Å². The van der Waals surface area contributed by atoms with Crippen molar-refractivity contribution in [1.29, 1.82) is 0 Å². The number of amides is 1. The zero-order valence-corrected chi connectivity index (χ0v) is 12.3. The van der Waals surface area contributed by atoms with Gasteiger partial charge in [-0.15, -0.1) is 0 Å². The van der Waals surface area contributed by atoms with E-state index in [1.807, 2.05) is 4.90 Å². The SMILES string of the molecule is COc1cc(C(=O)N2CC(C)CC(C)C2)cc(Cl)n1. The maximum absolute atomic E-state index is 12.5. The second kappa shape index (κ2) is 5.78. The molecule has 0 spiro atoms. The molecule has 5 heteroatoms. The van der Waals surface area contributed by atoms with Crippen LogP contribution in [0.4, 0.5) is 0 Å². The number of likely N-dealkylation sites (tertiary alicyclic amines) is 1. The number of aromatic nitrogens is 1. The van der Waals surface area contributed by atoms with E-state index in [9.17, 15) is 4.79 Å². The summed E-state index contributed by atoms with van der Waals surface area (Å²) in [6.45, 7) is 5.95. The number of carbonyl (C=O) groups excluding carboxylic acids is 1. The van der Waals surface area contributed by atoms with Crippen molar-refractivity contribution in [2.75, 3.05) is 20.2 Å². The van der Waals surface area contributed by atoms with Crippen molar-refractivity contribution < 1.29 is 9.53 Å². The van der Waals surface area contributed by atoms with Gasteiger partial charge in [0.2, 0.25) is 5.88 Å². The summed E-state index contributed by atoms with van der Waals surface area (Å²) in [6, 6.07) is 3.23. The summed E-state index contributed by atoms with van der Waals surface area (Å²) in [6.07, 6.45) is 1.17. The van der Waals surface area contributed by atoms with E-state index in [0.29, 0.717) is 23.3 Å². The lowest BCUT2D eigenvalue weighted by atomic mass is 9.91. The van der Waals surface area contributed by atoms with Crippen LogP contribution in [0.2, 0.25) is 5.15 Å². The van der Waals surface area contributed by atoms with E-state index in [4.69, 9.17) is 16.3 Å². The van der Waals surface area contributed by atoms with Crippen molar-refractivity contribution in [1.82, 2.24) is 9.88 Å². The Balaban J connectivity index is 2.21. The minimum Gasteiger partial charge on any atom is -0.481 e. The highest BCUT2D eigenvalue weighted by molar-refractivity contribution is 6.29. The van der Waals surface area contributed by atoms with Crippen molar-refractivity contribution >= 4 is 17.5 Å². The Morgan fingerprint density at radius 3 is 2.58 bits per heavy atom. The number of rotatable bonds is 2. The normalized spacial score (nSPS) is 23.3. The van der Waals surface area contributed by atoms with E-state index < -0.39 is 0 Å². The van der Waals surface area contributed by atoms with Crippen LogP contribution in [0.5, 0.6) is 5.88 Å². The van der Waals surface area contributed by atoms with Crippen LogP contribution in [0, 0.1) is 11.8 Å². The molecule has 1 amide bonds. The standard InChI is InChI=1S/C14H19ClN2O2/c1-9-4-10(2)8-17(7-9)14(18)11-5-12(15)16-13(6-11)19-3/h5-6,9-10H,4,7-8H2,1-3H3. The fourth-order valence-electron chi connectivity index (χ4n) is 2.71. The van der Waals surface area contributed by atoms with Gasteiger partial charge in [-0.05, 0) is 24.3 Å². The monoisotopic (exact) mass is 282 g/mol. The quantitative estimate of drug-likeness (QED) is 0.784. The molecule has 104 valence electrons. The van der Waals surface area contributed by atoms with E-state index in [1.54, 1.807) is 12.1 Å². The molecule has 2 unspecified atom stereocenters. The molecule has 1 aromatic heterocycles. The number of methoxy groups -OCH3 is 1. The van der Waals surface area contributed by atoms with Gasteiger partial charge in [0, 0.05) is 24.7 Å². The van der Waals surface area contributed by atoms with Crippen molar-refractivity contribution in [3.8, 4) is 5.88 Å². The fourth-order valence-corrected chi connectivity index (χ4v) is 2.91. The molecule has 1 aromatic rings. The third kappa shape index (κ3) is 3.38. The lowest BCUT2D eigenvalue weighted by Gasteiger charge is -2.35. The summed E-state index contributed by atoms with van der Waals surface area (Å²) >= 11 is 5.91. The maximum Gasteiger partial charge on any atom is 0.254 e. The van der Waals surface area contributed by atoms with Crippen molar-refractivity contribution in [3.63, 3.8) is 0 Å². The number of carbonyl (C=O) groups is 1. The highest BCUT2D eigenvalue weighted by Crippen LogP contribution is 2.24. The molecular weight excluding hydrogens is 264 g/mol. The second-order valence-electron chi connectivity index (χ2n) is 5.38. The topological polar surface area (TPSA) is 42.4 Å². The van der Waals surface area contributed by atoms with Crippen molar-refractivity contribution in [3.05, 3.63) is 22.8 Å². The first-order chi connectivity index (χ1) is 8.99. The summed E-state index contributed by atoms with van der Waals surface area (Å²) in [5.74, 6) is 1.44. The first-order valence-corrected chi connectivity index (χ1v) is 6.88. The Bertz CT molecular complexity index is 469. The van der Waals surface area contributed by atoms with Gasteiger partial charge in [-0.25, -0.2) is 4.98 Å². The Labute approximate surface area is 118 Å². The van der Waals surface area contributed by atoms with E-state index >= 15 is 0 Å². The zero-order chi connectivity index (χ0) is 14.0. The van der Waals surface area contributed by atoms with Crippen LogP contribution in [0.1, 0.15) is 30.6 Å². The molecule has 2 heterocycles. The number of hydrogen-bond donors (Lipinski definition) is 0. The lowest BCUT2D eigenvalue weighted by molar-refractivity contribution is 0.0622. The molecule has 1 saturated heterocycles. The molecule has 0 bridgehead atoms. The van der Waals surface area contributed by atoms with Crippen LogP contribution < -0.4 is 4.74 Å². The minimum absolute atomic E-state index is 0.000926. The Morgan fingerprint density at radius 2 is 2.00 bits per heavy atom. The van der Waals surface area contributed by atoms with Gasteiger partial charge < -0.3 is 9.64 Å². The molecular formula is C14H19ClN2O2. The predicted molar refractivity (Wildman–Crippen MR) is 74.6 cm³/mol. The number of halogens is 1. The Kier molecular flexibility index (Phi) is 4.30. The number of nitrogens with zero attached hydrogens (tertiary/aromatic N) is 2. The molecule has 0 radical (unpaired) electrons. The molecule has 0 aromatic carbocycles. The Hall–Kier alpha value is -1.29. The van der Waals surface area contributed by atoms with E-state index in [2.05, 4.69) is 18.8 Å². The third-order valence-corrected chi connectivity index (χ3v) is 3.58. The van der Waals surface area contributed by atoms with Gasteiger partial charge in [0.1, 0.15) is 5.15 Å². The molecule has 0 saturated carbocycles. The highest BCUT2D eigenvalue weighted by Gasteiger charge is 2.26. The van der Waals surface area contributed by atoms with E-state index in [0.717, 1.165) is 13.1 Å². The average Bonchev–Trinajstić information content (AvgIpc) is 2.35. The first kappa shape index (κ1) is 14.1. The molecule has 1 fully saturated rings. The van der Waals surface area contributed by atoms with Crippen LogP contribution in [-0.2, 0) is 0 Å². The minimum atomic E-state index is 0.000926. The number of ether oxygens (including phenoxy) is 1.